The summed E-state index contributed by atoms with van der Waals surface area (Å²) in [5, 5.41) is 8.82. The van der Waals surface area contributed by atoms with E-state index in [0.29, 0.717) is 17.8 Å². The standard InChI is InChI=1S/C21H23FN2O4/c1-28-18-11-16(4-5-17(18)22)24-9-8-21(20(24)26)7-6-13-10-14(19(25)23-27)2-3-15(13)12-21/h2-5,10-11,13,15,27H,6-9,12H2,1H3,(H,23,25)/t13?,15?,21-/m0/s1. The number of fused-ring (bicyclic) bond motifs is 1. The minimum Gasteiger partial charge on any atom is -0.494 e. The first-order valence-corrected chi connectivity index (χ1v) is 9.47. The number of methoxy groups -OCH3 is 1. The first-order valence-electron chi connectivity index (χ1n) is 9.47. The minimum absolute atomic E-state index is 0.0795. The molecule has 3 aliphatic rings. The smallest absolute Gasteiger partial charge is 0.274 e. The van der Waals surface area contributed by atoms with E-state index in [9.17, 15) is 14.0 Å². The summed E-state index contributed by atoms with van der Waals surface area (Å²) in [6, 6.07) is 4.51. The average molecular weight is 386 g/mol. The third-order valence-electron chi connectivity index (χ3n) is 6.37. The van der Waals surface area contributed by atoms with Crippen molar-refractivity contribution in [2.75, 3.05) is 18.6 Å². The first kappa shape index (κ1) is 18.7. The molecule has 0 radical (unpaired) electrons. The fraction of sp³-hybridized carbons (Fsp3) is 0.429. The Morgan fingerprint density at radius 3 is 2.93 bits per heavy atom. The summed E-state index contributed by atoms with van der Waals surface area (Å²) in [6.45, 7) is 0.600. The van der Waals surface area contributed by atoms with Crippen LogP contribution in [0.5, 0.6) is 5.75 Å². The number of halogens is 1. The summed E-state index contributed by atoms with van der Waals surface area (Å²) < 4.78 is 18.8. The molecule has 1 aliphatic heterocycles. The van der Waals surface area contributed by atoms with Crippen molar-refractivity contribution >= 4 is 17.5 Å². The Balaban J connectivity index is 1.52. The number of ether oxygens (including phenoxy) is 1. The molecule has 1 heterocycles. The Morgan fingerprint density at radius 1 is 1.36 bits per heavy atom. The van der Waals surface area contributed by atoms with Crippen LogP contribution in [0, 0.1) is 23.1 Å². The van der Waals surface area contributed by atoms with E-state index >= 15 is 0 Å². The van der Waals surface area contributed by atoms with Gasteiger partial charge in [-0.25, -0.2) is 9.87 Å². The monoisotopic (exact) mass is 386 g/mol. The van der Waals surface area contributed by atoms with Crippen molar-refractivity contribution in [1.29, 1.82) is 0 Å². The number of nitrogens with zero attached hydrogens (tertiary/aromatic N) is 1. The fourth-order valence-corrected chi connectivity index (χ4v) is 4.81. The van der Waals surface area contributed by atoms with Crippen LogP contribution in [-0.2, 0) is 9.59 Å². The number of benzene rings is 1. The van der Waals surface area contributed by atoms with Gasteiger partial charge in [-0.05, 0) is 49.7 Å². The summed E-state index contributed by atoms with van der Waals surface area (Å²) >= 11 is 0. The Labute approximate surface area is 162 Å². The van der Waals surface area contributed by atoms with E-state index in [-0.39, 0.29) is 23.5 Å². The summed E-state index contributed by atoms with van der Waals surface area (Å²) in [6.07, 6.45) is 8.64. The number of rotatable bonds is 3. The largest absolute Gasteiger partial charge is 0.494 e. The van der Waals surface area contributed by atoms with E-state index in [2.05, 4.69) is 0 Å². The first-order chi connectivity index (χ1) is 13.5. The molecule has 1 spiro atoms. The van der Waals surface area contributed by atoms with Crippen LogP contribution in [0.3, 0.4) is 0 Å². The van der Waals surface area contributed by atoms with Crippen LogP contribution in [0.2, 0.25) is 0 Å². The predicted molar refractivity (Wildman–Crippen MR) is 100 cm³/mol. The molecule has 2 N–H and O–H groups in total. The van der Waals surface area contributed by atoms with Crippen LogP contribution in [0.1, 0.15) is 25.7 Å². The van der Waals surface area contributed by atoms with E-state index in [1.165, 1.54) is 13.2 Å². The number of anilines is 1. The van der Waals surface area contributed by atoms with Gasteiger partial charge < -0.3 is 9.64 Å². The van der Waals surface area contributed by atoms with Crippen molar-refractivity contribution in [2.45, 2.75) is 25.7 Å². The number of allylic oxidation sites excluding steroid dienone is 2. The Morgan fingerprint density at radius 2 is 2.18 bits per heavy atom. The van der Waals surface area contributed by atoms with Gasteiger partial charge in [0.1, 0.15) is 0 Å². The van der Waals surface area contributed by atoms with Crippen molar-refractivity contribution in [3.63, 3.8) is 0 Å². The zero-order valence-corrected chi connectivity index (χ0v) is 15.7. The third kappa shape index (κ3) is 2.99. The molecule has 28 heavy (non-hydrogen) atoms. The van der Waals surface area contributed by atoms with Crippen LogP contribution in [0.25, 0.3) is 0 Å². The maximum absolute atomic E-state index is 13.7. The zero-order chi connectivity index (χ0) is 19.9. The summed E-state index contributed by atoms with van der Waals surface area (Å²) in [5.41, 5.74) is 2.36. The quantitative estimate of drug-likeness (QED) is 0.618. The second-order valence-corrected chi connectivity index (χ2v) is 7.80. The van der Waals surface area contributed by atoms with E-state index < -0.39 is 17.1 Å². The van der Waals surface area contributed by atoms with Gasteiger partial charge in [0, 0.05) is 23.9 Å². The summed E-state index contributed by atoms with van der Waals surface area (Å²) in [5.74, 6) is -0.370. The van der Waals surface area contributed by atoms with Gasteiger partial charge in [0.25, 0.3) is 5.91 Å². The van der Waals surface area contributed by atoms with E-state index in [0.717, 1.165) is 25.7 Å². The van der Waals surface area contributed by atoms with E-state index in [4.69, 9.17) is 9.94 Å². The number of hydroxylamine groups is 1. The van der Waals surface area contributed by atoms with Crippen molar-refractivity contribution in [3.05, 3.63) is 47.8 Å². The number of carbonyl (C=O) groups excluding carboxylic acids is 2. The molecule has 0 aromatic heterocycles. The molecule has 6 nitrogen and oxygen atoms in total. The highest BCUT2D eigenvalue weighted by molar-refractivity contribution is 6.00. The molecule has 1 aromatic rings. The molecule has 3 atom stereocenters. The Hall–Kier alpha value is -2.67. The lowest BCUT2D eigenvalue weighted by Gasteiger charge is -2.40. The van der Waals surface area contributed by atoms with Crippen LogP contribution >= 0.6 is 0 Å². The normalized spacial score (nSPS) is 28.9. The van der Waals surface area contributed by atoms with E-state index in [1.807, 2.05) is 12.2 Å². The van der Waals surface area contributed by atoms with Crippen LogP contribution in [0.15, 0.2) is 42.0 Å². The molecular weight excluding hydrogens is 363 g/mol. The van der Waals surface area contributed by atoms with Gasteiger partial charge in [-0.15, -0.1) is 0 Å². The molecular formula is C21H23FN2O4. The van der Waals surface area contributed by atoms with Crippen molar-refractivity contribution in [2.24, 2.45) is 17.3 Å². The molecule has 148 valence electrons. The SMILES string of the molecule is COc1cc(N2CC[C@]3(CCC4C=C(C(=O)NO)C=CC4C3)C2=O)ccc1F. The Kier molecular flexibility index (Phi) is 4.71. The highest BCUT2D eigenvalue weighted by Crippen LogP contribution is 2.51. The highest BCUT2D eigenvalue weighted by Gasteiger charge is 2.51. The van der Waals surface area contributed by atoms with Gasteiger partial charge in [0.2, 0.25) is 5.91 Å². The predicted octanol–water partition coefficient (Wildman–Crippen LogP) is 2.98. The zero-order valence-electron chi connectivity index (χ0n) is 15.7. The molecule has 1 saturated heterocycles. The van der Waals surface area contributed by atoms with E-state index in [1.54, 1.807) is 28.6 Å². The topological polar surface area (TPSA) is 78.9 Å². The van der Waals surface area contributed by atoms with Crippen LogP contribution < -0.4 is 15.1 Å². The lowest BCUT2D eigenvalue weighted by Crippen LogP contribution is -2.41. The second kappa shape index (κ2) is 7.05. The lowest BCUT2D eigenvalue weighted by atomic mass is 9.63. The second-order valence-electron chi connectivity index (χ2n) is 7.80. The lowest BCUT2D eigenvalue weighted by molar-refractivity contribution is -0.128. The highest BCUT2D eigenvalue weighted by atomic mass is 19.1. The molecule has 2 unspecified atom stereocenters. The maximum Gasteiger partial charge on any atom is 0.274 e. The number of nitrogens with one attached hydrogen (secondary N) is 1. The summed E-state index contributed by atoms with van der Waals surface area (Å²) in [7, 11) is 1.41. The van der Waals surface area contributed by atoms with Gasteiger partial charge in [0.15, 0.2) is 11.6 Å². The van der Waals surface area contributed by atoms with Gasteiger partial charge in [-0.1, -0.05) is 18.2 Å². The molecule has 1 saturated carbocycles. The molecule has 4 rings (SSSR count). The molecule has 0 bridgehead atoms. The average Bonchev–Trinajstić information content (AvgIpc) is 3.03. The van der Waals surface area contributed by atoms with Gasteiger partial charge in [0.05, 0.1) is 12.5 Å². The number of hydrogen-bond donors (Lipinski definition) is 2. The number of amides is 2. The number of carbonyl (C=O) groups is 2. The molecule has 2 aliphatic carbocycles. The van der Waals surface area contributed by atoms with Crippen LogP contribution in [0.4, 0.5) is 10.1 Å². The molecule has 2 amide bonds. The Bertz CT molecular complexity index is 881. The van der Waals surface area contributed by atoms with Gasteiger partial charge >= 0.3 is 0 Å². The molecule has 1 aromatic carbocycles. The van der Waals surface area contributed by atoms with Crippen LogP contribution in [-0.4, -0.2) is 30.7 Å². The van der Waals surface area contributed by atoms with Crippen molar-refractivity contribution in [1.82, 2.24) is 5.48 Å². The van der Waals surface area contributed by atoms with Gasteiger partial charge in [-0.3, -0.25) is 14.8 Å². The minimum atomic E-state index is -0.511. The molecule has 7 heteroatoms. The summed E-state index contributed by atoms with van der Waals surface area (Å²) in [4.78, 5) is 26.7. The number of hydrogen-bond acceptors (Lipinski definition) is 4. The van der Waals surface area contributed by atoms with Gasteiger partial charge in [-0.2, -0.15) is 0 Å². The maximum atomic E-state index is 13.7. The third-order valence-corrected chi connectivity index (χ3v) is 6.37. The van der Waals surface area contributed by atoms with Crippen molar-refractivity contribution < 1.29 is 23.9 Å². The molecule has 2 fully saturated rings. The fourth-order valence-electron chi connectivity index (χ4n) is 4.81. The van der Waals surface area contributed by atoms with Crippen molar-refractivity contribution in [3.8, 4) is 5.75 Å².